The van der Waals surface area contributed by atoms with Crippen LogP contribution in [0.3, 0.4) is 0 Å². The van der Waals surface area contributed by atoms with Gasteiger partial charge in [-0.3, -0.25) is 14.4 Å². The van der Waals surface area contributed by atoms with Crippen molar-refractivity contribution in [1.29, 1.82) is 0 Å². The molecule has 1 N–H and O–H groups in total. The first kappa shape index (κ1) is 23.2. The molecule has 8 nitrogen and oxygen atoms in total. The Morgan fingerprint density at radius 2 is 1.70 bits per heavy atom. The van der Waals surface area contributed by atoms with Crippen molar-refractivity contribution in [2.24, 2.45) is 0 Å². The summed E-state index contributed by atoms with van der Waals surface area (Å²) in [5, 5.41) is 0. The monoisotopic (exact) mass is 436 g/mol. The van der Waals surface area contributed by atoms with Crippen LogP contribution in [0, 0.1) is 5.82 Å². The number of esters is 1. The minimum Gasteiger partial charge on any atom is -0.455 e. The van der Waals surface area contributed by atoms with Gasteiger partial charge >= 0.3 is 5.97 Å². The highest BCUT2D eigenvalue weighted by Crippen LogP contribution is 2.11. The van der Waals surface area contributed by atoms with Crippen LogP contribution in [0.2, 0.25) is 0 Å². The number of hydrogen-bond donors (Lipinski definition) is 1. The van der Waals surface area contributed by atoms with Crippen molar-refractivity contribution in [1.82, 2.24) is 9.62 Å². The number of Topliss-reactive ketones (excluding diaryl/α,β-unsaturated/α-hetero) is 1. The number of nitrogens with one attached hydrogen (secondary N) is 1. The van der Waals surface area contributed by atoms with E-state index in [-0.39, 0.29) is 17.2 Å². The van der Waals surface area contributed by atoms with Gasteiger partial charge in [0.05, 0.1) is 4.90 Å². The Morgan fingerprint density at radius 3 is 2.30 bits per heavy atom. The van der Waals surface area contributed by atoms with E-state index in [9.17, 15) is 27.2 Å². The Morgan fingerprint density at radius 1 is 1.07 bits per heavy atom. The highest BCUT2D eigenvalue weighted by molar-refractivity contribution is 7.89. The summed E-state index contributed by atoms with van der Waals surface area (Å²) in [6.07, 6.45) is 0. The molecule has 2 rings (SSSR count). The van der Waals surface area contributed by atoms with Crippen LogP contribution >= 0.6 is 0 Å². The van der Waals surface area contributed by atoms with Gasteiger partial charge in [0.25, 0.3) is 5.91 Å². The Balaban J connectivity index is 1.83. The van der Waals surface area contributed by atoms with E-state index in [1.54, 1.807) is 6.07 Å². The summed E-state index contributed by atoms with van der Waals surface area (Å²) >= 11 is 0. The molecule has 0 spiro atoms. The van der Waals surface area contributed by atoms with E-state index in [1.165, 1.54) is 61.3 Å². The van der Waals surface area contributed by atoms with Crippen molar-refractivity contribution >= 4 is 27.7 Å². The second-order valence-corrected chi connectivity index (χ2v) is 8.17. The molecular weight excluding hydrogens is 415 g/mol. The average molecular weight is 436 g/mol. The van der Waals surface area contributed by atoms with Crippen LogP contribution in [0.1, 0.15) is 22.8 Å². The fourth-order valence-electron chi connectivity index (χ4n) is 2.38. The summed E-state index contributed by atoms with van der Waals surface area (Å²) in [5.74, 6) is -2.19. The summed E-state index contributed by atoms with van der Waals surface area (Å²) in [5.41, 5.74) is 0.662. The number of carbonyl (C=O) groups is 3. The molecule has 0 aliphatic rings. The maximum Gasteiger partial charge on any atom is 0.321 e. The molecule has 0 radical (unpaired) electrons. The molecule has 0 unspecified atom stereocenters. The molecule has 0 aliphatic heterocycles. The van der Waals surface area contributed by atoms with Gasteiger partial charge in [-0.1, -0.05) is 30.3 Å². The molecule has 2 aromatic carbocycles. The minimum absolute atomic E-state index is 0.00799. The molecule has 30 heavy (non-hydrogen) atoms. The smallest absolute Gasteiger partial charge is 0.321 e. The number of carbonyl (C=O) groups excluding carboxylic acids is 3. The second-order valence-electron chi connectivity index (χ2n) is 6.41. The van der Waals surface area contributed by atoms with Gasteiger partial charge in [-0.05, 0) is 25.1 Å². The summed E-state index contributed by atoms with van der Waals surface area (Å²) < 4.78 is 44.8. The average Bonchev–Trinajstić information content (AvgIpc) is 2.72. The number of ether oxygens (including phenoxy) is 1. The van der Waals surface area contributed by atoms with Gasteiger partial charge in [0.2, 0.25) is 10.0 Å². The number of nitrogens with zero attached hydrogens (tertiary/aromatic N) is 1. The SMILES string of the molecule is CC(=O)c1ccc(S(=O)(=O)NCC(=O)OCC(=O)N(C)Cc2ccccc2F)cc1. The first-order chi connectivity index (χ1) is 14.1. The third-order valence-corrected chi connectivity index (χ3v) is 5.54. The lowest BCUT2D eigenvalue weighted by molar-refractivity contribution is -0.150. The van der Waals surface area contributed by atoms with Crippen molar-refractivity contribution in [2.75, 3.05) is 20.2 Å². The third kappa shape index (κ3) is 6.46. The third-order valence-electron chi connectivity index (χ3n) is 4.13. The standard InChI is InChI=1S/C20H21FN2O6S/c1-14(24)15-7-9-17(10-8-15)30(27,28)22-11-20(26)29-13-19(25)23(2)12-16-5-3-4-6-18(16)21/h3-10,22H,11-13H2,1-2H3. The summed E-state index contributed by atoms with van der Waals surface area (Å²) in [7, 11) is -2.57. The number of likely N-dealkylation sites (N-methyl/N-ethyl adjacent to an activating group) is 1. The molecule has 0 aliphatic carbocycles. The van der Waals surface area contributed by atoms with Gasteiger partial charge < -0.3 is 9.64 Å². The van der Waals surface area contributed by atoms with Crippen LogP contribution in [-0.4, -0.2) is 51.2 Å². The molecule has 10 heteroatoms. The molecule has 0 atom stereocenters. The van der Waals surface area contributed by atoms with Crippen LogP contribution < -0.4 is 4.72 Å². The summed E-state index contributed by atoms with van der Waals surface area (Å²) in [6, 6.07) is 11.2. The summed E-state index contributed by atoms with van der Waals surface area (Å²) in [4.78, 5) is 36.1. The number of amides is 1. The molecule has 0 heterocycles. The van der Waals surface area contributed by atoms with Crippen LogP contribution in [0.5, 0.6) is 0 Å². The van der Waals surface area contributed by atoms with Crippen molar-refractivity contribution < 1.29 is 31.9 Å². The van der Waals surface area contributed by atoms with Crippen molar-refractivity contribution in [2.45, 2.75) is 18.4 Å². The Kier molecular flexibility index (Phi) is 7.79. The normalized spacial score (nSPS) is 11.0. The molecule has 0 saturated carbocycles. The molecule has 0 aromatic heterocycles. The summed E-state index contributed by atoms with van der Waals surface area (Å²) in [6.45, 7) is 0.0543. The Labute approximate surface area is 173 Å². The van der Waals surface area contributed by atoms with E-state index in [4.69, 9.17) is 4.74 Å². The van der Waals surface area contributed by atoms with E-state index in [0.717, 1.165) is 0 Å². The van der Waals surface area contributed by atoms with E-state index < -0.39 is 40.9 Å². The number of halogens is 1. The quantitative estimate of drug-likeness (QED) is 0.471. The lowest BCUT2D eigenvalue weighted by Gasteiger charge is -2.17. The fraction of sp³-hybridized carbons (Fsp3) is 0.250. The fourth-order valence-corrected chi connectivity index (χ4v) is 3.35. The maximum absolute atomic E-state index is 13.6. The maximum atomic E-state index is 13.6. The minimum atomic E-state index is -4.00. The van der Waals surface area contributed by atoms with E-state index >= 15 is 0 Å². The van der Waals surface area contributed by atoms with Crippen LogP contribution in [-0.2, 0) is 30.9 Å². The van der Waals surface area contributed by atoms with Crippen molar-refractivity contribution in [3.63, 3.8) is 0 Å². The molecule has 2 aromatic rings. The zero-order valence-electron chi connectivity index (χ0n) is 16.4. The molecule has 0 bridgehead atoms. The van der Waals surface area contributed by atoms with E-state index in [0.29, 0.717) is 11.1 Å². The predicted molar refractivity (Wildman–Crippen MR) is 105 cm³/mol. The van der Waals surface area contributed by atoms with Gasteiger partial charge in [0.15, 0.2) is 12.4 Å². The van der Waals surface area contributed by atoms with Gasteiger partial charge in [0.1, 0.15) is 12.4 Å². The zero-order chi connectivity index (χ0) is 22.3. The van der Waals surface area contributed by atoms with Gasteiger partial charge in [-0.2, -0.15) is 4.72 Å². The zero-order valence-corrected chi connectivity index (χ0v) is 17.2. The lowest BCUT2D eigenvalue weighted by Crippen LogP contribution is -2.34. The predicted octanol–water partition coefficient (Wildman–Crippen LogP) is 1.51. The Bertz CT molecular complexity index is 1040. The number of rotatable bonds is 9. The Hall–Kier alpha value is -3.11. The van der Waals surface area contributed by atoms with Gasteiger partial charge in [0, 0.05) is 24.7 Å². The lowest BCUT2D eigenvalue weighted by atomic mass is 10.2. The molecular formula is C20H21FN2O6S. The highest BCUT2D eigenvalue weighted by atomic mass is 32.2. The van der Waals surface area contributed by atoms with Gasteiger partial charge in [-0.25, -0.2) is 12.8 Å². The number of benzene rings is 2. The number of ketones is 1. The molecule has 1 amide bonds. The van der Waals surface area contributed by atoms with Gasteiger partial charge in [-0.15, -0.1) is 0 Å². The molecule has 0 saturated heterocycles. The van der Waals surface area contributed by atoms with Crippen LogP contribution in [0.15, 0.2) is 53.4 Å². The van der Waals surface area contributed by atoms with Crippen LogP contribution in [0.25, 0.3) is 0 Å². The van der Waals surface area contributed by atoms with E-state index in [1.807, 2.05) is 0 Å². The largest absolute Gasteiger partial charge is 0.455 e. The number of sulfonamides is 1. The van der Waals surface area contributed by atoms with E-state index in [2.05, 4.69) is 4.72 Å². The first-order valence-corrected chi connectivity index (χ1v) is 10.3. The second kappa shape index (κ2) is 10.1. The highest BCUT2D eigenvalue weighted by Gasteiger charge is 2.18. The molecule has 160 valence electrons. The van der Waals surface area contributed by atoms with Crippen LogP contribution in [0.4, 0.5) is 4.39 Å². The van der Waals surface area contributed by atoms with Crippen molar-refractivity contribution in [3.05, 3.63) is 65.5 Å². The molecule has 0 fully saturated rings. The van der Waals surface area contributed by atoms with Crippen molar-refractivity contribution in [3.8, 4) is 0 Å². The topological polar surface area (TPSA) is 110 Å². The first-order valence-electron chi connectivity index (χ1n) is 8.84. The number of hydrogen-bond acceptors (Lipinski definition) is 6.